The predicted octanol–water partition coefficient (Wildman–Crippen LogP) is 5.49. The van der Waals surface area contributed by atoms with Gasteiger partial charge < -0.3 is 0 Å². The summed E-state index contributed by atoms with van der Waals surface area (Å²) in [6.07, 6.45) is 0. The third-order valence-corrected chi connectivity index (χ3v) is 5.78. The second kappa shape index (κ2) is 7.98. The minimum atomic E-state index is -0.474. The van der Waals surface area contributed by atoms with Crippen molar-refractivity contribution in [3.8, 4) is 22.8 Å². The SMILES string of the molecule is O=c1c2[nH]c(=O)n(-c3ccccc3)c2nc(-c2ccc(Cl)cc2Cl)n1-c1ccc(Cl)cc1. The van der Waals surface area contributed by atoms with Crippen molar-refractivity contribution in [2.75, 3.05) is 0 Å². The summed E-state index contributed by atoms with van der Waals surface area (Å²) < 4.78 is 2.75. The maximum Gasteiger partial charge on any atom is 0.332 e. The zero-order valence-corrected chi connectivity index (χ0v) is 18.5. The number of rotatable bonds is 3. The highest BCUT2D eigenvalue weighted by molar-refractivity contribution is 6.36. The van der Waals surface area contributed by atoms with Gasteiger partial charge in [0, 0.05) is 15.6 Å². The van der Waals surface area contributed by atoms with E-state index in [9.17, 15) is 9.59 Å². The first kappa shape index (κ1) is 20.6. The Morgan fingerprint density at radius 3 is 2.09 bits per heavy atom. The summed E-state index contributed by atoms with van der Waals surface area (Å²) in [5.74, 6) is 0.259. The molecule has 0 fully saturated rings. The van der Waals surface area contributed by atoms with Crippen LogP contribution in [0.2, 0.25) is 15.1 Å². The van der Waals surface area contributed by atoms with Crippen molar-refractivity contribution in [1.82, 2.24) is 19.1 Å². The Morgan fingerprint density at radius 1 is 0.750 bits per heavy atom. The molecular weight excluding hydrogens is 471 g/mol. The van der Waals surface area contributed by atoms with Gasteiger partial charge in [0.1, 0.15) is 0 Å². The highest BCUT2D eigenvalue weighted by Gasteiger charge is 2.21. The topological polar surface area (TPSA) is 72.7 Å². The molecule has 0 amide bonds. The fourth-order valence-electron chi connectivity index (χ4n) is 3.54. The lowest BCUT2D eigenvalue weighted by Crippen LogP contribution is -2.22. The normalized spacial score (nSPS) is 11.2. The number of hydrogen-bond donors (Lipinski definition) is 1. The van der Waals surface area contributed by atoms with Crippen LogP contribution in [-0.2, 0) is 0 Å². The molecule has 0 unspecified atom stereocenters. The minimum Gasteiger partial charge on any atom is -0.299 e. The molecule has 0 aliphatic carbocycles. The van der Waals surface area contributed by atoms with Gasteiger partial charge in [0.25, 0.3) is 5.56 Å². The molecule has 0 saturated heterocycles. The molecule has 2 aromatic heterocycles. The number of hydrogen-bond acceptors (Lipinski definition) is 3. The van der Waals surface area contributed by atoms with E-state index in [0.29, 0.717) is 32.0 Å². The van der Waals surface area contributed by atoms with Crippen LogP contribution in [0.25, 0.3) is 33.9 Å². The molecule has 2 heterocycles. The van der Waals surface area contributed by atoms with Crippen molar-refractivity contribution >= 4 is 46.0 Å². The molecule has 32 heavy (non-hydrogen) atoms. The quantitative estimate of drug-likeness (QED) is 0.369. The number of nitrogens with zero attached hydrogens (tertiary/aromatic N) is 3. The van der Waals surface area contributed by atoms with Crippen LogP contribution >= 0.6 is 34.8 Å². The fraction of sp³-hybridized carbons (Fsp3) is 0. The molecule has 3 aromatic carbocycles. The molecule has 5 rings (SSSR count). The van der Waals surface area contributed by atoms with Gasteiger partial charge in [-0.2, -0.15) is 0 Å². The second-order valence-electron chi connectivity index (χ2n) is 6.98. The van der Waals surface area contributed by atoms with E-state index in [1.165, 1.54) is 9.13 Å². The second-order valence-corrected chi connectivity index (χ2v) is 8.26. The number of aromatic nitrogens is 4. The summed E-state index contributed by atoms with van der Waals surface area (Å²) in [5, 5.41) is 1.28. The van der Waals surface area contributed by atoms with Crippen LogP contribution < -0.4 is 11.2 Å². The molecule has 5 aromatic rings. The number of aromatic amines is 1. The molecule has 0 saturated carbocycles. The van der Waals surface area contributed by atoms with Crippen LogP contribution in [0.3, 0.4) is 0 Å². The highest BCUT2D eigenvalue weighted by atomic mass is 35.5. The van der Waals surface area contributed by atoms with Crippen LogP contribution in [0.5, 0.6) is 0 Å². The zero-order chi connectivity index (χ0) is 22.4. The van der Waals surface area contributed by atoms with Crippen molar-refractivity contribution in [2.24, 2.45) is 0 Å². The number of halogens is 3. The van der Waals surface area contributed by atoms with E-state index in [4.69, 9.17) is 39.8 Å². The standard InChI is InChI=1S/C23H13Cl3N4O2/c24-13-6-9-16(10-7-13)29-20(17-11-8-14(25)12-18(17)26)28-21-19(22(29)31)27-23(32)30(21)15-4-2-1-3-5-15/h1-12H,(H,27,32). The van der Waals surface area contributed by atoms with Gasteiger partial charge >= 0.3 is 5.69 Å². The molecule has 0 aliphatic rings. The Labute approximate surface area is 196 Å². The Kier molecular flexibility index (Phi) is 5.13. The summed E-state index contributed by atoms with van der Waals surface area (Å²) in [6.45, 7) is 0. The van der Waals surface area contributed by atoms with E-state index in [-0.39, 0.29) is 17.0 Å². The lowest BCUT2D eigenvalue weighted by atomic mass is 10.2. The molecule has 1 N–H and O–H groups in total. The first-order chi connectivity index (χ1) is 15.4. The lowest BCUT2D eigenvalue weighted by Gasteiger charge is -2.14. The van der Waals surface area contributed by atoms with Gasteiger partial charge in [-0.25, -0.2) is 14.3 Å². The van der Waals surface area contributed by atoms with Crippen molar-refractivity contribution < 1.29 is 0 Å². The molecule has 9 heteroatoms. The number of fused-ring (bicyclic) bond motifs is 1. The summed E-state index contributed by atoms with van der Waals surface area (Å²) >= 11 is 18.6. The summed E-state index contributed by atoms with van der Waals surface area (Å²) in [6, 6.07) is 20.6. The third kappa shape index (κ3) is 3.42. The zero-order valence-electron chi connectivity index (χ0n) is 16.2. The number of para-hydroxylation sites is 1. The molecule has 6 nitrogen and oxygen atoms in total. The Hall–Kier alpha value is -3.32. The average molecular weight is 484 g/mol. The molecule has 158 valence electrons. The molecule has 0 bridgehead atoms. The van der Waals surface area contributed by atoms with Gasteiger partial charge in [0.05, 0.1) is 16.4 Å². The van der Waals surface area contributed by atoms with E-state index < -0.39 is 11.2 Å². The molecule has 0 spiro atoms. The van der Waals surface area contributed by atoms with Crippen LogP contribution in [0.4, 0.5) is 0 Å². The summed E-state index contributed by atoms with van der Waals surface area (Å²) in [7, 11) is 0. The number of imidazole rings is 1. The van der Waals surface area contributed by atoms with Crippen LogP contribution in [0, 0.1) is 0 Å². The van der Waals surface area contributed by atoms with Gasteiger partial charge in [0.2, 0.25) is 0 Å². The Balaban J connectivity index is 1.92. The van der Waals surface area contributed by atoms with Gasteiger partial charge in [0.15, 0.2) is 17.0 Å². The van der Waals surface area contributed by atoms with Crippen LogP contribution in [0.15, 0.2) is 82.4 Å². The van der Waals surface area contributed by atoms with Gasteiger partial charge in [-0.05, 0) is 54.6 Å². The predicted molar refractivity (Wildman–Crippen MR) is 128 cm³/mol. The Bertz CT molecular complexity index is 1590. The number of nitrogens with one attached hydrogen (secondary N) is 1. The van der Waals surface area contributed by atoms with E-state index in [0.717, 1.165) is 0 Å². The van der Waals surface area contributed by atoms with E-state index >= 15 is 0 Å². The number of H-pyrrole nitrogens is 1. The van der Waals surface area contributed by atoms with Crippen molar-refractivity contribution in [3.63, 3.8) is 0 Å². The molecule has 0 radical (unpaired) electrons. The van der Waals surface area contributed by atoms with Crippen molar-refractivity contribution in [3.05, 3.63) is 109 Å². The van der Waals surface area contributed by atoms with Crippen LogP contribution in [-0.4, -0.2) is 19.1 Å². The van der Waals surface area contributed by atoms with Gasteiger partial charge in [-0.1, -0.05) is 53.0 Å². The van der Waals surface area contributed by atoms with E-state index in [1.54, 1.807) is 66.7 Å². The molecule has 0 aliphatic heterocycles. The highest BCUT2D eigenvalue weighted by Crippen LogP contribution is 2.31. The van der Waals surface area contributed by atoms with E-state index in [2.05, 4.69) is 4.98 Å². The monoisotopic (exact) mass is 482 g/mol. The van der Waals surface area contributed by atoms with Gasteiger partial charge in [-0.3, -0.25) is 14.3 Å². The maximum absolute atomic E-state index is 13.6. The largest absolute Gasteiger partial charge is 0.332 e. The Morgan fingerprint density at radius 2 is 1.41 bits per heavy atom. The van der Waals surface area contributed by atoms with Crippen LogP contribution in [0.1, 0.15) is 0 Å². The van der Waals surface area contributed by atoms with Gasteiger partial charge in [-0.15, -0.1) is 0 Å². The smallest absolute Gasteiger partial charge is 0.299 e. The molecule has 0 atom stereocenters. The van der Waals surface area contributed by atoms with E-state index in [1.807, 2.05) is 6.07 Å². The summed E-state index contributed by atoms with van der Waals surface area (Å²) in [4.78, 5) is 33.8. The lowest BCUT2D eigenvalue weighted by molar-refractivity contribution is 0.957. The maximum atomic E-state index is 13.6. The average Bonchev–Trinajstić information content (AvgIpc) is 3.11. The van der Waals surface area contributed by atoms with Crippen molar-refractivity contribution in [1.29, 1.82) is 0 Å². The first-order valence-electron chi connectivity index (χ1n) is 9.48. The number of benzene rings is 3. The minimum absolute atomic E-state index is 0.0719. The first-order valence-corrected chi connectivity index (χ1v) is 10.6. The third-order valence-electron chi connectivity index (χ3n) is 4.98. The summed E-state index contributed by atoms with van der Waals surface area (Å²) in [5.41, 5.74) is 0.914. The fourth-order valence-corrected chi connectivity index (χ4v) is 4.16. The van der Waals surface area contributed by atoms with Crippen molar-refractivity contribution in [2.45, 2.75) is 0 Å². The molecular formula is C23H13Cl3N4O2.